The van der Waals surface area contributed by atoms with E-state index in [4.69, 9.17) is 16.3 Å². The molecule has 2 amide bonds. The highest BCUT2D eigenvalue weighted by Gasteiger charge is 2.28. The molecule has 0 bridgehead atoms. The number of thiophene rings is 2. The minimum Gasteiger partial charge on any atom is -0.378 e. The smallest absolute Gasteiger partial charge is 0.266 e. The van der Waals surface area contributed by atoms with Gasteiger partial charge in [0.15, 0.2) is 0 Å². The van der Waals surface area contributed by atoms with Gasteiger partial charge in [-0.05, 0) is 30.2 Å². The second kappa shape index (κ2) is 8.67. The number of ether oxygens (including phenoxy) is 1. The van der Waals surface area contributed by atoms with Gasteiger partial charge in [-0.25, -0.2) is 0 Å². The third kappa shape index (κ3) is 4.23. The lowest BCUT2D eigenvalue weighted by molar-refractivity contribution is 0.0303. The van der Waals surface area contributed by atoms with Crippen LogP contribution in [-0.2, 0) is 4.74 Å². The molecular formula is C21H19ClN2O3S2. The fourth-order valence-electron chi connectivity index (χ4n) is 3.25. The predicted molar refractivity (Wildman–Crippen MR) is 118 cm³/mol. The molecule has 1 aromatic carbocycles. The maximum Gasteiger partial charge on any atom is 0.266 e. The molecule has 0 aliphatic carbocycles. The normalized spacial score (nSPS) is 14.1. The molecule has 8 heteroatoms. The Morgan fingerprint density at radius 2 is 1.79 bits per heavy atom. The Labute approximate surface area is 181 Å². The van der Waals surface area contributed by atoms with Crippen molar-refractivity contribution in [2.75, 3.05) is 31.6 Å². The Morgan fingerprint density at radius 1 is 1.07 bits per heavy atom. The summed E-state index contributed by atoms with van der Waals surface area (Å²) in [5, 5.41) is 3.51. The van der Waals surface area contributed by atoms with E-state index in [9.17, 15) is 9.59 Å². The minimum absolute atomic E-state index is 0.0799. The first kappa shape index (κ1) is 20.1. The number of amides is 2. The zero-order valence-electron chi connectivity index (χ0n) is 15.7. The molecule has 5 nitrogen and oxygen atoms in total. The van der Waals surface area contributed by atoms with E-state index in [-0.39, 0.29) is 11.8 Å². The van der Waals surface area contributed by atoms with E-state index in [1.165, 1.54) is 22.7 Å². The number of carbonyl (C=O) groups is 2. The first-order valence-corrected chi connectivity index (χ1v) is 11.2. The molecule has 0 atom stereocenters. The third-order valence-corrected chi connectivity index (χ3v) is 7.21. The van der Waals surface area contributed by atoms with Crippen LogP contribution in [0.1, 0.15) is 25.6 Å². The molecule has 3 heterocycles. The molecule has 1 aliphatic rings. The molecule has 0 unspecified atom stereocenters. The van der Waals surface area contributed by atoms with Gasteiger partial charge in [0.05, 0.1) is 28.0 Å². The average Bonchev–Trinajstić information content (AvgIpc) is 3.32. The highest BCUT2D eigenvalue weighted by atomic mass is 35.5. The van der Waals surface area contributed by atoms with Gasteiger partial charge < -0.3 is 15.0 Å². The first-order valence-electron chi connectivity index (χ1n) is 9.17. The standard InChI is InChI=1S/C21H19ClN2O3S2/c1-13-17(21(26)24-9-11-27-12-10-24)20(23-19(25)15-7-8-16(22)28-15)29-18(13)14-5-3-2-4-6-14/h2-8H,9-12H2,1H3,(H,23,25). The third-order valence-electron chi connectivity index (χ3n) is 4.72. The summed E-state index contributed by atoms with van der Waals surface area (Å²) in [7, 11) is 0. The molecule has 4 rings (SSSR count). The fraction of sp³-hybridized carbons (Fsp3) is 0.238. The van der Waals surface area contributed by atoms with Crippen molar-refractivity contribution in [3.8, 4) is 10.4 Å². The van der Waals surface area contributed by atoms with E-state index in [0.717, 1.165) is 16.0 Å². The topological polar surface area (TPSA) is 58.6 Å². The lowest BCUT2D eigenvalue weighted by Gasteiger charge is -2.27. The summed E-state index contributed by atoms with van der Waals surface area (Å²) >= 11 is 8.60. The van der Waals surface area contributed by atoms with Crippen LogP contribution in [-0.4, -0.2) is 43.0 Å². The van der Waals surface area contributed by atoms with Gasteiger partial charge >= 0.3 is 0 Å². The summed E-state index contributed by atoms with van der Waals surface area (Å²) in [6.07, 6.45) is 0. The molecule has 1 saturated heterocycles. The number of nitrogens with zero attached hydrogens (tertiary/aromatic N) is 1. The number of carbonyl (C=O) groups excluding carboxylic acids is 2. The highest BCUT2D eigenvalue weighted by Crippen LogP contribution is 2.41. The van der Waals surface area contributed by atoms with Crippen molar-refractivity contribution in [3.05, 3.63) is 62.8 Å². The zero-order chi connectivity index (χ0) is 20.4. The molecular weight excluding hydrogens is 428 g/mol. The van der Waals surface area contributed by atoms with Crippen molar-refractivity contribution >= 4 is 51.1 Å². The van der Waals surface area contributed by atoms with Gasteiger partial charge in [-0.2, -0.15) is 0 Å². The Balaban J connectivity index is 1.73. The summed E-state index contributed by atoms with van der Waals surface area (Å²) in [5.74, 6) is -0.345. The van der Waals surface area contributed by atoms with Gasteiger partial charge in [-0.15, -0.1) is 22.7 Å². The van der Waals surface area contributed by atoms with Gasteiger partial charge in [0.1, 0.15) is 5.00 Å². The van der Waals surface area contributed by atoms with Crippen LogP contribution < -0.4 is 5.32 Å². The van der Waals surface area contributed by atoms with Crippen LogP contribution in [0.5, 0.6) is 0 Å². The number of hydrogen-bond donors (Lipinski definition) is 1. The number of anilines is 1. The van der Waals surface area contributed by atoms with E-state index in [0.29, 0.717) is 46.1 Å². The molecule has 29 heavy (non-hydrogen) atoms. The zero-order valence-corrected chi connectivity index (χ0v) is 18.1. The monoisotopic (exact) mass is 446 g/mol. The van der Waals surface area contributed by atoms with Crippen LogP contribution in [0.4, 0.5) is 5.00 Å². The van der Waals surface area contributed by atoms with Crippen LogP contribution >= 0.6 is 34.3 Å². The van der Waals surface area contributed by atoms with Crippen molar-refractivity contribution < 1.29 is 14.3 Å². The molecule has 1 fully saturated rings. The SMILES string of the molecule is Cc1c(-c2ccccc2)sc(NC(=O)c2ccc(Cl)s2)c1C(=O)N1CCOCC1. The number of rotatable bonds is 4. The van der Waals surface area contributed by atoms with Gasteiger partial charge in [-0.1, -0.05) is 41.9 Å². The van der Waals surface area contributed by atoms with E-state index in [1.807, 2.05) is 37.3 Å². The average molecular weight is 447 g/mol. The molecule has 150 valence electrons. The quantitative estimate of drug-likeness (QED) is 0.602. The summed E-state index contributed by atoms with van der Waals surface area (Å²) in [6, 6.07) is 13.3. The Bertz CT molecular complexity index is 1040. The van der Waals surface area contributed by atoms with E-state index in [1.54, 1.807) is 17.0 Å². The Hall–Kier alpha value is -2.19. The summed E-state index contributed by atoms with van der Waals surface area (Å²) in [5.41, 5.74) is 2.44. The van der Waals surface area contributed by atoms with Crippen LogP contribution in [0, 0.1) is 6.92 Å². The number of nitrogens with one attached hydrogen (secondary N) is 1. The van der Waals surface area contributed by atoms with Gasteiger partial charge in [0, 0.05) is 18.0 Å². The maximum atomic E-state index is 13.3. The molecule has 1 aliphatic heterocycles. The first-order chi connectivity index (χ1) is 14.0. The van der Waals surface area contributed by atoms with E-state index >= 15 is 0 Å². The molecule has 3 aromatic rings. The molecule has 0 saturated carbocycles. The van der Waals surface area contributed by atoms with Gasteiger partial charge in [0.2, 0.25) is 0 Å². The van der Waals surface area contributed by atoms with E-state index < -0.39 is 0 Å². The summed E-state index contributed by atoms with van der Waals surface area (Å²) in [6.45, 7) is 4.07. The fourth-order valence-corrected chi connectivity index (χ4v) is 5.39. The Kier molecular flexibility index (Phi) is 6.01. The molecule has 1 N–H and O–H groups in total. The molecule has 2 aromatic heterocycles. The van der Waals surface area contributed by atoms with Crippen molar-refractivity contribution in [3.63, 3.8) is 0 Å². The van der Waals surface area contributed by atoms with Gasteiger partial charge in [0.25, 0.3) is 11.8 Å². The van der Waals surface area contributed by atoms with Crippen LogP contribution in [0.25, 0.3) is 10.4 Å². The molecule has 0 spiro atoms. The minimum atomic E-state index is -0.265. The van der Waals surface area contributed by atoms with Gasteiger partial charge in [-0.3, -0.25) is 9.59 Å². The van der Waals surface area contributed by atoms with Crippen LogP contribution in [0.2, 0.25) is 4.34 Å². The van der Waals surface area contributed by atoms with E-state index in [2.05, 4.69) is 5.32 Å². The molecule has 0 radical (unpaired) electrons. The number of benzene rings is 1. The highest BCUT2D eigenvalue weighted by molar-refractivity contribution is 7.20. The summed E-state index contributed by atoms with van der Waals surface area (Å²) < 4.78 is 5.92. The van der Waals surface area contributed by atoms with Crippen LogP contribution in [0.15, 0.2) is 42.5 Å². The maximum absolute atomic E-state index is 13.3. The van der Waals surface area contributed by atoms with Crippen molar-refractivity contribution in [1.82, 2.24) is 4.90 Å². The van der Waals surface area contributed by atoms with Crippen molar-refractivity contribution in [2.45, 2.75) is 6.92 Å². The second-order valence-corrected chi connectivity index (χ2v) is 9.32. The number of hydrogen-bond acceptors (Lipinski definition) is 5. The van der Waals surface area contributed by atoms with Crippen molar-refractivity contribution in [2.24, 2.45) is 0 Å². The number of halogens is 1. The van der Waals surface area contributed by atoms with Crippen LogP contribution in [0.3, 0.4) is 0 Å². The predicted octanol–water partition coefficient (Wildman–Crippen LogP) is 5.16. The van der Waals surface area contributed by atoms with Crippen molar-refractivity contribution in [1.29, 1.82) is 0 Å². The second-order valence-electron chi connectivity index (χ2n) is 6.59. The summed E-state index contributed by atoms with van der Waals surface area (Å²) in [4.78, 5) is 29.3. The lowest BCUT2D eigenvalue weighted by Crippen LogP contribution is -2.41. The largest absolute Gasteiger partial charge is 0.378 e. The Morgan fingerprint density at radius 3 is 2.45 bits per heavy atom. The number of morpholine rings is 1. The lowest BCUT2D eigenvalue weighted by atomic mass is 10.1.